The minimum Gasteiger partial charge on any atom is -0.493 e. The number of nitrogens with one attached hydrogen (secondary N) is 2. The Morgan fingerprint density at radius 3 is 2.81 bits per heavy atom. The zero-order chi connectivity index (χ0) is 18.2. The van der Waals surface area contributed by atoms with Crippen LogP contribution in [0.5, 0.6) is 5.75 Å². The molecular weight excluding hydrogens is 324 g/mol. The van der Waals surface area contributed by atoms with Crippen LogP contribution in [0.4, 0.5) is 0 Å². The number of benzene rings is 1. The van der Waals surface area contributed by atoms with Gasteiger partial charge in [-0.3, -0.25) is 4.99 Å². The second-order valence-corrected chi connectivity index (χ2v) is 7.62. The van der Waals surface area contributed by atoms with Crippen LogP contribution >= 0.6 is 0 Å². The highest BCUT2D eigenvalue weighted by Gasteiger charge is 2.23. The molecule has 1 aliphatic heterocycles. The molecule has 1 saturated heterocycles. The first kappa shape index (κ1) is 19.0. The predicted molar refractivity (Wildman–Crippen MR) is 108 cm³/mol. The number of likely N-dealkylation sites (tertiary alicyclic amines) is 1. The number of ether oxygens (including phenoxy) is 1. The van der Waals surface area contributed by atoms with E-state index in [9.17, 15) is 0 Å². The highest BCUT2D eigenvalue weighted by Crippen LogP contribution is 2.30. The zero-order valence-corrected chi connectivity index (χ0v) is 16.3. The Hall–Kier alpha value is -1.75. The van der Waals surface area contributed by atoms with Gasteiger partial charge in [0.2, 0.25) is 0 Å². The second-order valence-electron chi connectivity index (χ2n) is 7.62. The summed E-state index contributed by atoms with van der Waals surface area (Å²) in [5, 5.41) is 6.93. The van der Waals surface area contributed by atoms with Crippen molar-refractivity contribution in [2.45, 2.75) is 39.2 Å². The van der Waals surface area contributed by atoms with Crippen molar-refractivity contribution in [2.75, 3.05) is 39.8 Å². The largest absolute Gasteiger partial charge is 0.493 e. The minimum atomic E-state index is 0.717. The molecule has 2 fully saturated rings. The lowest BCUT2D eigenvalue weighted by atomic mass is 10.1. The van der Waals surface area contributed by atoms with E-state index in [-0.39, 0.29) is 0 Å². The molecule has 0 radical (unpaired) electrons. The van der Waals surface area contributed by atoms with Gasteiger partial charge in [-0.05, 0) is 56.7 Å². The molecule has 0 aromatic heterocycles. The monoisotopic (exact) mass is 358 g/mol. The molecule has 1 atom stereocenters. The van der Waals surface area contributed by atoms with Crippen molar-refractivity contribution in [3.63, 3.8) is 0 Å². The third kappa shape index (κ3) is 5.90. The summed E-state index contributed by atoms with van der Waals surface area (Å²) in [7, 11) is 1.84. The lowest BCUT2D eigenvalue weighted by Crippen LogP contribution is -2.40. The maximum Gasteiger partial charge on any atom is 0.191 e. The molecule has 0 amide bonds. The molecule has 26 heavy (non-hydrogen) atoms. The lowest BCUT2D eigenvalue weighted by Gasteiger charge is -2.17. The average Bonchev–Trinajstić information content (AvgIpc) is 3.39. The van der Waals surface area contributed by atoms with E-state index >= 15 is 0 Å². The van der Waals surface area contributed by atoms with Gasteiger partial charge in [0.1, 0.15) is 5.75 Å². The molecular formula is C21H34N4O. The molecule has 3 rings (SSSR count). The standard InChI is InChI=1S/C21H34N4O/c1-3-11-25-12-10-18(15-25)13-23-21(22-2)24-14-19-6-4-5-7-20(19)26-16-17-8-9-17/h4-7,17-18H,3,8-16H2,1-2H3,(H2,22,23,24). The van der Waals surface area contributed by atoms with Crippen LogP contribution in [0.25, 0.3) is 0 Å². The number of rotatable bonds is 9. The van der Waals surface area contributed by atoms with Crippen molar-refractivity contribution in [3.05, 3.63) is 29.8 Å². The van der Waals surface area contributed by atoms with Crippen LogP contribution in [0.15, 0.2) is 29.3 Å². The van der Waals surface area contributed by atoms with E-state index in [0.29, 0.717) is 5.92 Å². The lowest BCUT2D eigenvalue weighted by molar-refractivity contribution is 0.296. The second kappa shape index (κ2) is 9.81. The first-order valence-corrected chi connectivity index (χ1v) is 10.2. The van der Waals surface area contributed by atoms with E-state index in [1.807, 2.05) is 13.1 Å². The quantitative estimate of drug-likeness (QED) is 0.526. The Morgan fingerprint density at radius 1 is 1.19 bits per heavy atom. The van der Waals surface area contributed by atoms with Crippen LogP contribution in [-0.2, 0) is 6.54 Å². The van der Waals surface area contributed by atoms with Gasteiger partial charge in [-0.2, -0.15) is 0 Å². The molecule has 5 nitrogen and oxygen atoms in total. The van der Waals surface area contributed by atoms with Crippen LogP contribution in [-0.4, -0.2) is 50.7 Å². The molecule has 0 spiro atoms. The topological polar surface area (TPSA) is 48.9 Å². The Balaban J connectivity index is 1.42. The molecule has 5 heteroatoms. The molecule has 2 aliphatic rings. The third-order valence-corrected chi connectivity index (χ3v) is 5.28. The van der Waals surface area contributed by atoms with Crippen LogP contribution in [0.2, 0.25) is 0 Å². The smallest absolute Gasteiger partial charge is 0.191 e. The van der Waals surface area contributed by atoms with Crippen molar-refractivity contribution >= 4 is 5.96 Å². The summed E-state index contributed by atoms with van der Waals surface area (Å²) in [6.07, 6.45) is 5.15. The maximum atomic E-state index is 6.00. The van der Waals surface area contributed by atoms with Gasteiger partial charge in [0.25, 0.3) is 0 Å². The van der Waals surface area contributed by atoms with Gasteiger partial charge < -0.3 is 20.3 Å². The Labute approximate surface area is 158 Å². The van der Waals surface area contributed by atoms with Crippen molar-refractivity contribution in [2.24, 2.45) is 16.8 Å². The summed E-state index contributed by atoms with van der Waals surface area (Å²) in [5.74, 6) is 3.35. The van der Waals surface area contributed by atoms with Crippen LogP contribution in [0, 0.1) is 11.8 Å². The number of aliphatic imine (C=N–C) groups is 1. The molecule has 1 aliphatic carbocycles. The van der Waals surface area contributed by atoms with E-state index in [2.05, 4.69) is 45.6 Å². The normalized spacial score (nSPS) is 21.0. The van der Waals surface area contributed by atoms with Crippen molar-refractivity contribution in [1.82, 2.24) is 15.5 Å². The van der Waals surface area contributed by atoms with Gasteiger partial charge in [-0.15, -0.1) is 0 Å². The average molecular weight is 359 g/mol. The number of guanidine groups is 1. The minimum absolute atomic E-state index is 0.717. The van der Waals surface area contributed by atoms with Crippen LogP contribution in [0.1, 0.15) is 38.2 Å². The van der Waals surface area contributed by atoms with Crippen molar-refractivity contribution in [3.8, 4) is 5.75 Å². The van der Waals surface area contributed by atoms with Gasteiger partial charge in [-0.25, -0.2) is 0 Å². The first-order chi connectivity index (χ1) is 12.8. The van der Waals surface area contributed by atoms with E-state index in [0.717, 1.165) is 37.3 Å². The van der Waals surface area contributed by atoms with Crippen LogP contribution in [0.3, 0.4) is 0 Å². The van der Waals surface area contributed by atoms with Gasteiger partial charge in [-0.1, -0.05) is 25.1 Å². The Morgan fingerprint density at radius 2 is 2.04 bits per heavy atom. The molecule has 144 valence electrons. The molecule has 1 aromatic carbocycles. The van der Waals surface area contributed by atoms with Gasteiger partial charge in [0.05, 0.1) is 6.61 Å². The van der Waals surface area contributed by atoms with E-state index in [1.165, 1.54) is 50.9 Å². The summed E-state index contributed by atoms with van der Waals surface area (Å²) >= 11 is 0. The summed E-state index contributed by atoms with van der Waals surface area (Å²) in [5.41, 5.74) is 1.19. The number of hydrogen-bond donors (Lipinski definition) is 2. The highest BCUT2D eigenvalue weighted by atomic mass is 16.5. The highest BCUT2D eigenvalue weighted by molar-refractivity contribution is 5.79. The van der Waals surface area contributed by atoms with E-state index in [4.69, 9.17) is 4.74 Å². The van der Waals surface area contributed by atoms with E-state index < -0.39 is 0 Å². The molecule has 1 saturated carbocycles. The SMILES string of the molecule is CCCN1CCC(CNC(=NC)NCc2ccccc2OCC2CC2)C1. The first-order valence-electron chi connectivity index (χ1n) is 10.2. The van der Waals surface area contributed by atoms with Crippen molar-refractivity contribution in [1.29, 1.82) is 0 Å². The molecule has 1 unspecified atom stereocenters. The summed E-state index contributed by atoms with van der Waals surface area (Å²) in [6, 6.07) is 8.30. The Kier molecular flexibility index (Phi) is 7.18. The molecule has 1 heterocycles. The predicted octanol–water partition coefficient (Wildman–Crippen LogP) is 2.87. The maximum absolute atomic E-state index is 6.00. The fourth-order valence-corrected chi connectivity index (χ4v) is 3.52. The fourth-order valence-electron chi connectivity index (χ4n) is 3.52. The zero-order valence-electron chi connectivity index (χ0n) is 16.3. The third-order valence-electron chi connectivity index (χ3n) is 5.28. The summed E-state index contributed by atoms with van der Waals surface area (Å²) < 4.78 is 6.00. The van der Waals surface area contributed by atoms with Gasteiger partial charge in [0.15, 0.2) is 5.96 Å². The summed E-state index contributed by atoms with van der Waals surface area (Å²) in [6.45, 7) is 8.48. The Bertz CT molecular complexity index is 585. The van der Waals surface area contributed by atoms with E-state index in [1.54, 1.807) is 0 Å². The van der Waals surface area contributed by atoms with Crippen molar-refractivity contribution < 1.29 is 4.74 Å². The van der Waals surface area contributed by atoms with Crippen LogP contribution < -0.4 is 15.4 Å². The van der Waals surface area contributed by atoms with Gasteiger partial charge >= 0.3 is 0 Å². The number of nitrogens with zero attached hydrogens (tertiary/aromatic N) is 2. The summed E-state index contributed by atoms with van der Waals surface area (Å²) in [4.78, 5) is 6.94. The van der Waals surface area contributed by atoms with Gasteiger partial charge in [0, 0.05) is 32.2 Å². The molecule has 2 N–H and O–H groups in total. The molecule has 1 aromatic rings. The fraction of sp³-hybridized carbons (Fsp3) is 0.667. The number of hydrogen-bond acceptors (Lipinski definition) is 3. The molecule has 0 bridgehead atoms. The number of para-hydroxylation sites is 1.